The Labute approximate surface area is 218 Å². The highest BCUT2D eigenvalue weighted by atomic mass is 32.1. The van der Waals surface area contributed by atoms with E-state index in [2.05, 4.69) is 113 Å². The van der Waals surface area contributed by atoms with Crippen molar-refractivity contribution in [2.45, 2.75) is 79.1 Å². The standard InChI is InChI=1S/C9H12.2C8H11N.C7H10S/c1-8(2)9-6-4-3-5-7-9;1-7(2)8-4-3-5-9-6-8;1-7(2)8-5-3-4-6-9-8;1-6(2)7-4-3-5-8-7/h3-8H,1-2H3;2*3-7H,1-2H3;3-6H,1-2H3. The van der Waals surface area contributed by atoms with Crippen LogP contribution >= 0.6 is 11.3 Å². The van der Waals surface area contributed by atoms with Crippen LogP contribution < -0.4 is 0 Å². The van der Waals surface area contributed by atoms with E-state index in [9.17, 15) is 0 Å². The Morgan fingerprint density at radius 3 is 1.49 bits per heavy atom. The Morgan fingerprint density at radius 2 is 1.17 bits per heavy atom. The third-order valence-electron chi connectivity index (χ3n) is 5.21. The summed E-state index contributed by atoms with van der Waals surface area (Å²) in [6.07, 6.45) is 5.53. The van der Waals surface area contributed by atoms with E-state index in [4.69, 9.17) is 0 Å². The van der Waals surface area contributed by atoms with Crippen molar-refractivity contribution in [1.82, 2.24) is 9.97 Å². The van der Waals surface area contributed by atoms with Gasteiger partial charge in [0.15, 0.2) is 0 Å². The Bertz CT molecular complexity index is 874. The third-order valence-corrected chi connectivity index (χ3v) is 6.38. The van der Waals surface area contributed by atoms with Crippen molar-refractivity contribution < 1.29 is 0 Å². The molecule has 3 heteroatoms. The second-order valence-corrected chi connectivity index (χ2v) is 10.6. The number of thiophene rings is 1. The Kier molecular flexibility index (Phi) is 15.2. The molecule has 0 saturated carbocycles. The van der Waals surface area contributed by atoms with Crippen molar-refractivity contribution in [3.05, 3.63) is 118 Å². The lowest BCUT2D eigenvalue weighted by Crippen LogP contribution is -1.88. The SMILES string of the molecule is CC(C)c1ccccc1.CC(C)c1ccccn1.CC(C)c1cccnc1.CC(C)c1cccs1. The summed E-state index contributed by atoms with van der Waals surface area (Å²) in [5, 5.41) is 2.12. The molecular weight excluding hydrogens is 444 g/mol. The average Bonchev–Trinajstić information content (AvgIpc) is 3.43. The maximum Gasteiger partial charge on any atom is 0.0428 e. The van der Waals surface area contributed by atoms with E-state index in [1.807, 2.05) is 54.1 Å². The van der Waals surface area contributed by atoms with Crippen LogP contribution in [0.25, 0.3) is 0 Å². The number of nitrogens with zero attached hydrogens (tertiary/aromatic N) is 2. The molecular formula is C32H44N2S. The Hall–Kier alpha value is -2.78. The lowest BCUT2D eigenvalue weighted by molar-refractivity contribution is 0.823. The fourth-order valence-electron chi connectivity index (χ4n) is 2.89. The predicted molar refractivity (Wildman–Crippen MR) is 156 cm³/mol. The van der Waals surface area contributed by atoms with Crippen LogP contribution in [-0.2, 0) is 0 Å². The topological polar surface area (TPSA) is 25.8 Å². The van der Waals surface area contributed by atoms with Gasteiger partial charge < -0.3 is 0 Å². The van der Waals surface area contributed by atoms with E-state index in [1.165, 1.54) is 16.0 Å². The van der Waals surface area contributed by atoms with Crippen molar-refractivity contribution in [3.8, 4) is 0 Å². The summed E-state index contributed by atoms with van der Waals surface area (Å²) in [6, 6.07) is 24.9. The summed E-state index contributed by atoms with van der Waals surface area (Å²) in [5.74, 6) is 2.51. The molecule has 0 N–H and O–H groups in total. The van der Waals surface area contributed by atoms with E-state index >= 15 is 0 Å². The molecule has 1 aromatic carbocycles. The molecule has 0 aliphatic heterocycles. The van der Waals surface area contributed by atoms with Crippen molar-refractivity contribution in [3.63, 3.8) is 0 Å². The molecule has 0 spiro atoms. The maximum absolute atomic E-state index is 4.18. The zero-order valence-electron chi connectivity index (χ0n) is 22.8. The lowest BCUT2D eigenvalue weighted by Gasteiger charge is -2.01. The van der Waals surface area contributed by atoms with E-state index in [1.54, 1.807) is 6.20 Å². The Balaban J connectivity index is 0.000000234. The van der Waals surface area contributed by atoms with Gasteiger partial charge in [-0.25, -0.2) is 0 Å². The van der Waals surface area contributed by atoms with Crippen LogP contribution in [0.4, 0.5) is 0 Å². The molecule has 0 aliphatic carbocycles. The molecule has 188 valence electrons. The highest BCUT2D eigenvalue weighted by molar-refractivity contribution is 7.10. The molecule has 4 aromatic rings. The van der Waals surface area contributed by atoms with Gasteiger partial charge in [-0.3, -0.25) is 9.97 Å². The van der Waals surface area contributed by atoms with Crippen molar-refractivity contribution in [1.29, 1.82) is 0 Å². The van der Waals surface area contributed by atoms with Crippen LogP contribution in [-0.4, -0.2) is 9.97 Å². The molecule has 4 rings (SSSR count). The van der Waals surface area contributed by atoms with E-state index in [0.29, 0.717) is 23.7 Å². The number of hydrogen-bond acceptors (Lipinski definition) is 3. The van der Waals surface area contributed by atoms with E-state index in [-0.39, 0.29) is 0 Å². The van der Waals surface area contributed by atoms with Crippen LogP contribution in [0.2, 0.25) is 0 Å². The third kappa shape index (κ3) is 13.6. The van der Waals surface area contributed by atoms with Gasteiger partial charge in [-0.2, -0.15) is 0 Å². The highest BCUT2D eigenvalue weighted by Crippen LogP contribution is 2.18. The van der Waals surface area contributed by atoms with Gasteiger partial charge >= 0.3 is 0 Å². The molecule has 0 unspecified atom stereocenters. The van der Waals surface area contributed by atoms with Gasteiger partial charge in [-0.1, -0.05) is 104 Å². The van der Waals surface area contributed by atoms with Crippen molar-refractivity contribution >= 4 is 11.3 Å². The Morgan fingerprint density at radius 1 is 0.543 bits per heavy atom. The van der Waals surface area contributed by atoms with Crippen molar-refractivity contribution in [2.75, 3.05) is 0 Å². The largest absolute Gasteiger partial charge is 0.264 e. The lowest BCUT2D eigenvalue weighted by atomic mass is 10.0. The first-order valence-electron chi connectivity index (χ1n) is 12.6. The van der Waals surface area contributed by atoms with Crippen LogP contribution in [0.1, 0.15) is 101 Å². The minimum atomic E-state index is 0.547. The van der Waals surface area contributed by atoms with Gasteiger partial charge in [0.1, 0.15) is 0 Å². The van der Waals surface area contributed by atoms with Gasteiger partial charge in [-0.15, -0.1) is 11.3 Å². The molecule has 0 amide bonds. The molecule has 0 saturated heterocycles. The minimum absolute atomic E-state index is 0.547. The first-order valence-corrected chi connectivity index (χ1v) is 13.5. The first-order chi connectivity index (χ1) is 16.7. The van der Waals surface area contributed by atoms with Gasteiger partial charge in [0.2, 0.25) is 0 Å². The number of hydrogen-bond donors (Lipinski definition) is 0. The average molecular weight is 489 g/mol. The van der Waals surface area contributed by atoms with Gasteiger partial charge in [0, 0.05) is 29.2 Å². The summed E-state index contributed by atoms with van der Waals surface area (Å²) in [6.45, 7) is 17.4. The molecule has 2 nitrogen and oxygen atoms in total. The normalized spacial score (nSPS) is 10.2. The van der Waals surface area contributed by atoms with Gasteiger partial charge in [0.05, 0.1) is 0 Å². The molecule has 0 atom stereocenters. The fourth-order valence-corrected chi connectivity index (χ4v) is 3.64. The van der Waals surface area contributed by atoms with Gasteiger partial charge in [0.25, 0.3) is 0 Å². The molecule has 0 fully saturated rings. The molecule has 35 heavy (non-hydrogen) atoms. The van der Waals surface area contributed by atoms with Crippen LogP contribution in [0.15, 0.2) is 96.8 Å². The van der Waals surface area contributed by atoms with Gasteiger partial charge in [-0.05, 0) is 64.4 Å². The van der Waals surface area contributed by atoms with Crippen molar-refractivity contribution in [2.24, 2.45) is 0 Å². The smallest absolute Gasteiger partial charge is 0.0428 e. The van der Waals surface area contributed by atoms with Crippen LogP contribution in [0.3, 0.4) is 0 Å². The summed E-state index contributed by atoms with van der Waals surface area (Å²) in [4.78, 5) is 9.66. The summed E-state index contributed by atoms with van der Waals surface area (Å²) >= 11 is 1.83. The zero-order valence-corrected chi connectivity index (χ0v) is 23.7. The minimum Gasteiger partial charge on any atom is -0.264 e. The number of rotatable bonds is 4. The highest BCUT2D eigenvalue weighted by Gasteiger charge is 1.97. The van der Waals surface area contributed by atoms with Crippen LogP contribution in [0, 0.1) is 0 Å². The number of aromatic nitrogens is 2. The van der Waals surface area contributed by atoms with Crippen LogP contribution in [0.5, 0.6) is 0 Å². The molecule has 3 aromatic heterocycles. The summed E-state index contributed by atoms with van der Waals surface area (Å²) < 4.78 is 0. The fraction of sp³-hybridized carbons (Fsp3) is 0.375. The second-order valence-electron chi connectivity index (χ2n) is 9.59. The number of benzene rings is 1. The first kappa shape index (κ1) is 30.3. The van der Waals surface area contributed by atoms with E-state index < -0.39 is 0 Å². The molecule has 0 aliphatic rings. The maximum atomic E-state index is 4.18. The molecule has 0 radical (unpaired) electrons. The number of pyridine rings is 2. The molecule has 3 heterocycles. The predicted octanol–water partition coefficient (Wildman–Crippen LogP) is 10.1. The summed E-state index contributed by atoms with van der Waals surface area (Å²) in [5.41, 5.74) is 3.88. The quantitative estimate of drug-likeness (QED) is 0.285. The summed E-state index contributed by atoms with van der Waals surface area (Å²) in [7, 11) is 0. The second kappa shape index (κ2) is 17.6. The van der Waals surface area contributed by atoms with E-state index in [0.717, 1.165) is 5.69 Å². The zero-order chi connectivity index (χ0) is 26.1. The molecule has 0 bridgehead atoms. The monoisotopic (exact) mass is 488 g/mol.